The van der Waals surface area contributed by atoms with Gasteiger partial charge in [0.15, 0.2) is 0 Å². The lowest BCUT2D eigenvalue weighted by molar-refractivity contribution is -0.136. The van der Waals surface area contributed by atoms with E-state index in [0.717, 1.165) is 6.42 Å². The molecule has 0 fully saturated rings. The van der Waals surface area contributed by atoms with E-state index in [4.69, 9.17) is 9.84 Å². The number of benzene rings is 1. The number of hydrogen-bond acceptors (Lipinski definition) is 4. The average Bonchev–Trinajstić information content (AvgIpc) is 2.49. The monoisotopic (exact) mass is 302 g/mol. The summed E-state index contributed by atoms with van der Waals surface area (Å²) < 4.78 is 5.57. The van der Waals surface area contributed by atoms with Crippen molar-refractivity contribution in [3.05, 3.63) is 57.3 Å². The van der Waals surface area contributed by atoms with Gasteiger partial charge in [0.2, 0.25) is 0 Å². The molecule has 1 aromatic carbocycles. The molecule has 0 saturated heterocycles. The SMILES string of the molecule is CCc1ccc(OCc2nc(C)c(CC(=O)O)c(=O)[nH]2)cc1. The molecule has 1 heterocycles. The number of nitrogens with zero attached hydrogens (tertiary/aromatic N) is 1. The van der Waals surface area contributed by atoms with Crippen molar-refractivity contribution in [3.63, 3.8) is 0 Å². The van der Waals surface area contributed by atoms with Crippen LogP contribution in [0.1, 0.15) is 29.6 Å². The van der Waals surface area contributed by atoms with E-state index in [9.17, 15) is 9.59 Å². The van der Waals surface area contributed by atoms with Crippen molar-refractivity contribution < 1.29 is 14.6 Å². The molecule has 0 amide bonds. The lowest BCUT2D eigenvalue weighted by Gasteiger charge is -2.08. The van der Waals surface area contributed by atoms with Crippen LogP contribution in [0.3, 0.4) is 0 Å². The molecule has 0 aliphatic rings. The van der Waals surface area contributed by atoms with Gasteiger partial charge in [0, 0.05) is 11.3 Å². The second-order valence-corrected chi connectivity index (χ2v) is 4.93. The van der Waals surface area contributed by atoms with Crippen LogP contribution in [-0.2, 0) is 24.2 Å². The first-order chi connectivity index (χ1) is 10.5. The Labute approximate surface area is 127 Å². The molecule has 22 heavy (non-hydrogen) atoms. The highest BCUT2D eigenvalue weighted by Crippen LogP contribution is 2.13. The summed E-state index contributed by atoms with van der Waals surface area (Å²) in [6.45, 7) is 3.81. The summed E-state index contributed by atoms with van der Waals surface area (Å²) in [4.78, 5) is 29.3. The molecule has 2 aromatic rings. The number of aromatic nitrogens is 2. The molecule has 1 aromatic heterocycles. The molecule has 0 aliphatic carbocycles. The Balaban J connectivity index is 2.09. The van der Waals surface area contributed by atoms with Gasteiger partial charge in [0.1, 0.15) is 18.2 Å². The smallest absolute Gasteiger partial charge is 0.308 e. The van der Waals surface area contributed by atoms with Crippen LogP contribution in [0, 0.1) is 6.92 Å². The quantitative estimate of drug-likeness (QED) is 0.849. The van der Waals surface area contributed by atoms with E-state index >= 15 is 0 Å². The van der Waals surface area contributed by atoms with Crippen molar-refractivity contribution >= 4 is 5.97 Å². The van der Waals surface area contributed by atoms with Gasteiger partial charge in [-0.05, 0) is 31.0 Å². The van der Waals surface area contributed by atoms with E-state index in [1.165, 1.54) is 5.56 Å². The Bertz CT molecular complexity index is 720. The molecular formula is C16H18N2O4. The fourth-order valence-corrected chi connectivity index (χ4v) is 2.07. The number of H-pyrrole nitrogens is 1. The number of aromatic amines is 1. The maximum absolute atomic E-state index is 11.9. The van der Waals surface area contributed by atoms with Gasteiger partial charge in [-0.15, -0.1) is 0 Å². The van der Waals surface area contributed by atoms with E-state index in [1.54, 1.807) is 6.92 Å². The van der Waals surface area contributed by atoms with Crippen LogP contribution in [0.5, 0.6) is 5.75 Å². The standard InChI is InChI=1S/C16H18N2O4/c1-3-11-4-6-12(7-5-11)22-9-14-17-10(2)13(8-15(19)20)16(21)18-14/h4-7H,3,8-9H2,1-2H3,(H,19,20)(H,17,18,21). The number of hydrogen-bond donors (Lipinski definition) is 2. The lowest BCUT2D eigenvalue weighted by atomic mass is 10.2. The lowest BCUT2D eigenvalue weighted by Crippen LogP contribution is -2.22. The summed E-state index contributed by atoms with van der Waals surface area (Å²) in [5, 5.41) is 8.77. The van der Waals surface area contributed by atoms with Crippen molar-refractivity contribution in [1.29, 1.82) is 0 Å². The third-order valence-electron chi connectivity index (χ3n) is 3.31. The van der Waals surface area contributed by atoms with Crippen LogP contribution in [0.15, 0.2) is 29.1 Å². The molecule has 2 N–H and O–H groups in total. The van der Waals surface area contributed by atoms with E-state index in [2.05, 4.69) is 16.9 Å². The van der Waals surface area contributed by atoms with E-state index in [1.807, 2.05) is 24.3 Å². The van der Waals surface area contributed by atoms with E-state index in [0.29, 0.717) is 17.3 Å². The van der Waals surface area contributed by atoms with Gasteiger partial charge in [-0.1, -0.05) is 19.1 Å². The number of aliphatic carboxylic acids is 1. The van der Waals surface area contributed by atoms with Crippen molar-refractivity contribution in [3.8, 4) is 5.75 Å². The maximum atomic E-state index is 11.9. The zero-order valence-electron chi connectivity index (χ0n) is 12.5. The zero-order valence-corrected chi connectivity index (χ0v) is 12.5. The van der Waals surface area contributed by atoms with Crippen LogP contribution in [0.4, 0.5) is 0 Å². The molecule has 0 atom stereocenters. The van der Waals surface area contributed by atoms with Gasteiger partial charge >= 0.3 is 5.97 Å². The molecule has 0 radical (unpaired) electrons. The second-order valence-electron chi connectivity index (χ2n) is 4.93. The first-order valence-electron chi connectivity index (χ1n) is 7.01. The zero-order chi connectivity index (χ0) is 16.1. The summed E-state index contributed by atoms with van der Waals surface area (Å²) in [6.07, 6.45) is 0.618. The Kier molecular flexibility index (Phi) is 4.93. The molecule has 0 spiro atoms. The first-order valence-corrected chi connectivity index (χ1v) is 7.01. The van der Waals surface area contributed by atoms with Crippen molar-refractivity contribution in [2.75, 3.05) is 0 Å². The Hall–Kier alpha value is -2.63. The van der Waals surface area contributed by atoms with Crippen LogP contribution in [0.2, 0.25) is 0 Å². The summed E-state index contributed by atoms with van der Waals surface area (Å²) in [5.41, 5.74) is 1.36. The fraction of sp³-hybridized carbons (Fsp3) is 0.312. The first kappa shape index (κ1) is 15.8. The minimum Gasteiger partial charge on any atom is -0.486 e. The van der Waals surface area contributed by atoms with Crippen molar-refractivity contribution in [1.82, 2.24) is 9.97 Å². The van der Waals surface area contributed by atoms with E-state index in [-0.39, 0.29) is 18.6 Å². The second kappa shape index (κ2) is 6.89. The molecule has 0 bridgehead atoms. The molecule has 116 valence electrons. The largest absolute Gasteiger partial charge is 0.486 e. The normalized spacial score (nSPS) is 10.5. The minimum absolute atomic E-state index is 0.120. The van der Waals surface area contributed by atoms with Crippen LogP contribution in [0.25, 0.3) is 0 Å². The van der Waals surface area contributed by atoms with Crippen molar-refractivity contribution in [2.24, 2.45) is 0 Å². The fourth-order valence-electron chi connectivity index (χ4n) is 2.07. The number of carboxylic acids is 1. The van der Waals surface area contributed by atoms with Gasteiger partial charge in [0.05, 0.1) is 6.42 Å². The number of carbonyl (C=O) groups is 1. The number of ether oxygens (including phenoxy) is 1. The number of carboxylic acid groups (broad SMARTS) is 1. The minimum atomic E-state index is -1.06. The van der Waals surface area contributed by atoms with Crippen molar-refractivity contribution in [2.45, 2.75) is 33.3 Å². The summed E-state index contributed by atoms with van der Waals surface area (Å²) >= 11 is 0. The topological polar surface area (TPSA) is 92.3 Å². The highest BCUT2D eigenvalue weighted by atomic mass is 16.5. The summed E-state index contributed by atoms with van der Waals surface area (Å²) in [5.74, 6) is -0.00117. The number of rotatable bonds is 6. The predicted octanol–water partition coefficient (Wildman–Crippen LogP) is 1.85. The molecule has 0 aliphatic heterocycles. The molecule has 6 nitrogen and oxygen atoms in total. The molecule has 6 heteroatoms. The predicted molar refractivity (Wildman–Crippen MR) is 81.1 cm³/mol. The highest BCUT2D eigenvalue weighted by Gasteiger charge is 2.12. The summed E-state index contributed by atoms with van der Waals surface area (Å²) in [6, 6.07) is 7.69. The third-order valence-corrected chi connectivity index (χ3v) is 3.31. The summed E-state index contributed by atoms with van der Waals surface area (Å²) in [7, 11) is 0. The van der Waals surface area contributed by atoms with Gasteiger partial charge in [-0.3, -0.25) is 9.59 Å². The Morgan fingerprint density at radius 1 is 1.32 bits per heavy atom. The van der Waals surface area contributed by atoms with Crippen LogP contribution < -0.4 is 10.3 Å². The van der Waals surface area contributed by atoms with E-state index < -0.39 is 11.5 Å². The third kappa shape index (κ3) is 3.94. The van der Waals surface area contributed by atoms with Gasteiger partial charge in [-0.2, -0.15) is 0 Å². The van der Waals surface area contributed by atoms with Crippen LogP contribution in [-0.4, -0.2) is 21.0 Å². The van der Waals surface area contributed by atoms with Gasteiger partial charge in [0.25, 0.3) is 5.56 Å². The van der Waals surface area contributed by atoms with Gasteiger partial charge < -0.3 is 14.8 Å². The van der Waals surface area contributed by atoms with Crippen LogP contribution >= 0.6 is 0 Å². The number of nitrogens with one attached hydrogen (secondary N) is 1. The molecular weight excluding hydrogens is 284 g/mol. The van der Waals surface area contributed by atoms with Gasteiger partial charge in [-0.25, -0.2) is 4.98 Å². The molecule has 2 rings (SSSR count). The highest BCUT2D eigenvalue weighted by molar-refractivity contribution is 5.70. The molecule has 0 unspecified atom stereocenters. The Morgan fingerprint density at radius 2 is 2.00 bits per heavy atom. The maximum Gasteiger partial charge on any atom is 0.308 e. The number of aryl methyl sites for hydroxylation is 2. The molecule has 0 saturated carbocycles. The average molecular weight is 302 g/mol. The Morgan fingerprint density at radius 3 is 2.55 bits per heavy atom.